The normalized spacial score (nSPS) is 16.2. The van der Waals surface area contributed by atoms with Crippen molar-refractivity contribution < 1.29 is 4.74 Å². The van der Waals surface area contributed by atoms with Crippen molar-refractivity contribution in [1.82, 2.24) is 30.2 Å². The van der Waals surface area contributed by atoms with Crippen LogP contribution in [0.4, 0.5) is 5.82 Å². The van der Waals surface area contributed by atoms with Gasteiger partial charge >= 0.3 is 0 Å². The standard InChI is InChI=1S/C21H23N7O/c1-13(27-20-18-19(24-11-23-18)25-12-26-20)17-10-14-4-2-3-5-16(14)21(28-17)29-15-6-8-22-9-7-15/h2-5,10-13,15,22H,6-9H2,1H3,(H2,23,24,25,26,27). The van der Waals surface area contributed by atoms with Crippen LogP contribution in [0.1, 0.15) is 31.5 Å². The van der Waals surface area contributed by atoms with Crippen LogP contribution in [0.2, 0.25) is 0 Å². The van der Waals surface area contributed by atoms with Gasteiger partial charge in [0.1, 0.15) is 17.9 Å². The van der Waals surface area contributed by atoms with Crippen LogP contribution in [-0.2, 0) is 0 Å². The molecule has 1 aromatic carbocycles. The van der Waals surface area contributed by atoms with E-state index in [2.05, 4.69) is 55.7 Å². The molecule has 29 heavy (non-hydrogen) atoms. The minimum Gasteiger partial charge on any atom is -0.474 e. The average molecular weight is 389 g/mol. The quantitative estimate of drug-likeness (QED) is 0.482. The van der Waals surface area contributed by atoms with Crippen LogP contribution in [0.15, 0.2) is 43.0 Å². The summed E-state index contributed by atoms with van der Waals surface area (Å²) in [5, 5.41) is 8.97. The van der Waals surface area contributed by atoms with Crippen LogP contribution < -0.4 is 15.4 Å². The topological polar surface area (TPSA) is 101 Å². The molecule has 1 atom stereocenters. The fourth-order valence-electron chi connectivity index (χ4n) is 3.72. The maximum absolute atomic E-state index is 6.35. The molecule has 3 aromatic heterocycles. The SMILES string of the molecule is CC(Nc1ncnc2nc[nH]c12)c1cc2ccccc2c(OC2CCNCC2)n1. The number of imidazole rings is 1. The molecule has 4 heterocycles. The van der Waals surface area contributed by atoms with E-state index in [0.717, 1.165) is 47.9 Å². The third-order valence-corrected chi connectivity index (χ3v) is 5.31. The van der Waals surface area contributed by atoms with Gasteiger partial charge in [0, 0.05) is 5.39 Å². The molecule has 148 valence electrons. The van der Waals surface area contributed by atoms with Gasteiger partial charge in [0.2, 0.25) is 5.88 Å². The lowest BCUT2D eigenvalue weighted by atomic mass is 10.1. The number of nitrogens with zero attached hydrogens (tertiary/aromatic N) is 4. The zero-order valence-electron chi connectivity index (χ0n) is 16.2. The Labute approximate surface area is 168 Å². The van der Waals surface area contributed by atoms with Gasteiger partial charge in [0.15, 0.2) is 11.5 Å². The van der Waals surface area contributed by atoms with Gasteiger partial charge in [-0.1, -0.05) is 18.2 Å². The molecule has 3 N–H and O–H groups in total. The number of hydrogen-bond acceptors (Lipinski definition) is 7. The summed E-state index contributed by atoms with van der Waals surface area (Å²) in [5.41, 5.74) is 2.32. The molecule has 0 saturated carbocycles. The number of anilines is 1. The fraction of sp³-hybridized carbons (Fsp3) is 0.333. The molecule has 5 rings (SSSR count). The van der Waals surface area contributed by atoms with Gasteiger partial charge in [0.05, 0.1) is 18.1 Å². The van der Waals surface area contributed by atoms with E-state index >= 15 is 0 Å². The molecule has 4 aromatic rings. The van der Waals surface area contributed by atoms with Crippen LogP contribution >= 0.6 is 0 Å². The number of aromatic nitrogens is 5. The van der Waals surface area contributed by atoms with E-state index in [1.54, 1.807) is 6.33 Å². The Morgan fingerprint density at radius 2 is 2.00 bits per heavy atom. The second-order valence-corrected chi connectivity index (χ2v) is 7.33. The summed E-state index contributed by atoms with van der Waals surface area (Å²) in [6.07, 6.45) is 5.31. The Morgan fingerprint density at radius 3 is 2.90 bits per heavy atom. The Kier molecular flexibility index (Phi) is 4.69. The van der Waals surface area contributed by atoms with Crippen molar-refractivity contribution in [3.8, 4) is 5.88 Å². The summed E-state index contributed by atoms with van der Waals surface area (Å²) in [6.45, 7) is 4.03. The first-order valence-corrected chi connectivity index (χ1v) is 9.95. The Hall–Kier alpha value is -3.26. The highest BCUT2D eigenvalue weighted by Crippen LogP contribution is 2.30. The first kappa shape index (κ1) is 17.8. The molecule has 1 aliphatic rings. The number of pyridine rings is 1. The zero-order valence-corrected chi connectivity index (χ0v) is 16.2. The predicted molar refractivity (Wildman–Crippen MR) is 112 cm³/mol. The smallest absolute Gasteiger partial charge is 0.221 e. The lowest BCUT2D eigenvalue weighted by Gasteiger charge is -2.24. The molecule has 1 saturated heterocycles. The zero-order chi connectivity index (χ0) is 19.6. The average Bonchev–Trinajstić information content (AvgIpc) is 3.24. The molecule has 1 fully saturated rings. The maximum Gasteiger partial charge on any atom is 0.221 e. The molecule has 0 spiro atoms. The second kappa shape index (κ2) is 7.63. The summed E-state index contributed by atoms with van der Waals surface area (Å²) < 4.78 is 6.35. The van der Waals surface area contributed by atoms with Crippen LogP contribution in [0.3, 0.4) is 0 Å². The molecule has 1 unspecified atom stereocenters. The number of fused-ring (bicyclic) bond motifs is 2. The predicted octanol–water partition coefficient (Wildman–Crippen LogP) is 3.21. The van der Waals surface area contributed by atoms with Crippen LogP contribution in [0, 0.1) is 0 Å². The number of ether oxygens (including phenoxy) is 1. The highest BCUT2D eigenvalue weighted by Gasteiger charge is 2.19. The lowest BCUT2D eigenvalue weighted by molar-refractivity contribution is 0.158. The van der Waals surface area contributed by atoms with Crippen molar-refractivity contribution in [2.45, 2.75) is 31.9 Å². The first-order chi connectivity index (χ1) is 14.3. The summed E-state index contributed by atoms with van der Waals surface area (Å²) in [5.74, 6) is 1.41. The molecular weight excluding hydrogens is 366 g/mol. The highest BCUT2D eigenvalue weighted by atomic mass is 16.5. The number of benzene rings is 1. The van der Waals surface area contributed by atoms with Gasteiger partial charge in [-0.2, -0.15) is 0 Å². The van der Waals surface area contributed by atoms with Gasteiger partial charge in [-0.05, 0) is 50.4 Å². The molecule has 1 aliphatic heterocycles. The van der Waals surface area contributed by atoms with E-state index in [1.165, 1.54) is 6.33 Å². The Balaban J connectivity index is 1.48. The number of hydrogen-bond donors (Lipinski definition) is 3. The minimum absolute atomic E-state index is 0.0728. The molecule has 0 radical (unpaired) electrons. The molecule has 0 amide bonds. The summed E-state index contributed by atoms with van der Waals surface area (Å²) in [6, 6.07) is 10.3. The summed E-state index contributed by atoms with van der Waals surface area (Å²) in [7, 11) is 0. The van der Waals surface area contributed by atoms with Crippen molar-refractivity contribution >= 4 is 27.8 Å². The van der Waals surface area contributed by atoms with Crippen LogP contribution in [0.25, 0.3) is 21.9 Å². The van der Waals surface area contributed by atoms with Gasteiger partial charge in [-0.15, -0.1) is 0 Å². The van der Waals surface area contributed by atoms with E-state index in [0.29, 0.717) is 17.3 Å². The summed E-state index contributed by atoms with van der Waals surface area (Å²) >= 11 is 0. The van der Waals surface area contributed by atoms with E-state index in [1.807, 2.05) is 12.1 Å². The fourth-order valence-corrected chi connectivity index (χ4v) is 3.72. The number of nitrogens with one attached hydrogen (secondary N) is 3. The molecule has 8 nitrogen and oxygen atoms in total. The molecule has 8 heteroatoms. The van der Waals surface area contributed by atoms with E-state index in [-0.39, 0.29) is 12.1 Å². The minimum atomic E-state index is -0.0728. The van der Waals surface area contributed by atoms with Crippen molar-refractivity contribution in [2.75, 3.05) is 18.4 Å². The van der Waals surface area contributed by atoms with E-state index in [9.17, 15) is 0 Å². The summed E-state index contributed by atoms with van der Waals surface area (Å²) in [4.78, 5) is 20.7. The van der Waals surface area contributed by atoms with Gasteiger partial charge in [0.25, 0.3) is 0 Å². The number of aromatic amines is 1. The molecule has 0 aliphatic carbocycles. The third-order valence-electron chi connectivity index (χ3n) is 5.31. The van der Waals surface area contributed by atoms with Crippen LogP contribution in [-0.4, -0.2) is 44.1 Å². The molecule has 0 bridgehead atoms. The van der Waals surface area contributed by atoms with Crippen molar-refractivity contribution in [1.29, 1.82) is 0 Å². The number of piperidine rings is 1. The first-order valence-electron chi connectivity index (χ1n) is 9.95. The van der Waals surface area contributed by atoms with Crippen molar-refractivity contribution in [3.05, 3.63) is 48.7 Å². The second-order valence-electron chi connectivity index (χ2n) is 7.33. The monoisotopic (exact) mass is 389 g/mol. The van der Waals surface area contributed by atoms with Gasteiger partial charge < -0.3 is 20.4 Å². The lowest BCUT2D eigenvalue weighted by Crippen LogP contribution is -2.34. The van der Waals surface area contributed by atoms with Crippen molar-refractivity contribution in [2.24, 2.45) is 0 Å². The van der Waals surface area contributed by atoms with Gasteiger partial charge in [-0.3, -0.25) is 0 Å². The third kappa shape index (κ3) is 3.58. The highest BCUT2D eigenvalue weighted by molar-refractivity contribution is 5.87. The van der Waals surface area contributed by atoms with E-state index in [4.69, 9.17) is 9.72 Å². The largest absolute Gasteiger partial charge is 0.474 e. The van der Waals surface area contributed by atoms with E-state index < -0.39 is 0 Å². The Morgan fingerprint density at radius 1 is 1.14 bits per heavy atom. The number of H-pyrrole nitrogens is 1. The molecular formula is C21H23N7O. The van der Waals surface area contributed by atoms with Gasteiger partial charge in [-0.25, -0.2) is 19.9 Å². The Bertz CT molecular complexity index is 1140. The van der Waals surface area contributed by atoms with Crippen molar-refractivity contribution in [3.63, 3.8) is 0 Å². The maximum atomic E-state index is 6.35. The number of rotatable bonds is 5. The van der Waals surface area contributed by atoms with Crippen LogP contribution in [0.5, 0.6) is 5.88 Å².